The normalized spacial score (nSPS) is 20.1. The summed E-state index contributed by atoms with van der Waals surface area (Å²) in [7, 11) is -0.488. The third kappa shape index (κ3) is 4.28. The number of rotatable bonds is 5. The second-order valence-electron chi connectivity index (χ2n) is 6.54. The predicted molar refractivity (Wildman–Crippen MR) is 97.4 cm³/mol. The molecule has 0 radical (unpaired) electrons. The summed E-state index contributed by atoms with van der Waals surface area (Å²) >= 11 is 2.74. The number of hydrogen-bond donors (Lipinski definition) is 1. The third-order valence-corrected chi connectivity index (χ3v) is 6.07. The lowest BCUT2D eigenvalue weighted by molar-refractivity contribution is -0.109. The summed E-state index contributed by atoms with van der Waals surface area (Å²) in [6, 6.07) is 1.96. The van der Waals surface area contributed by atoms with Gasteiger partial charge in [-0.1, -0.05) is 17.8 Å². The van der Waals surface area contributed by atoms with E-state index in [9.17, 15) is 9.90 Å². The predicted octanol–water partition coefficient (Wildman–Crippen LogP) is 3.53. The molecule has 23 heavy (non-hydrogen) atoms. The van der Waals surface area contributed by atoms with E-state index in [1.807, 2.05) is 45.2 Å². The fourth-order valence-corrected chi connectivity index (χ4v) is 3.47. The lowest BCUT2D eigenvalue weighted by Gasteiger charge is -2.32. The molecule has 0 unspecified atom stereocenters. The highest BCUT2D eigenvalue weighted by molar-refractivity contribution is 8.13. The zero-order valence-electron chi connectivity index (χ0n) is 14.2. The molecule has 2 rings (SSSR count). The Morgan fingerprint density at radius 3 is 2.48 bits per heavy atom. The topological polar surface area (TPSA) is 55.8 Å². The van der Waals surface area contributed by atoms with Crippen LogP contribution in [-0.4, -0.2) is 34.3 Å². The van der Waals surface area contributed by atoms with Crippen molar-refractivity contribution in [1.29, 1.82) is 0 Å². The van der Waals surface area contributed by atoms with E-state index < -0.39 is 18.3 Å². The van der Waals surface area contributed by atoms with Crippen molar-refractivity contribution in [2.75, 3.05) is 5.75 Å². The summed E-state index contributed by atoms with van der Waals surface area (Å²) in [5, 5.41) is 11.4. The summed E-state index contributed by atoms with van der Waals surface area (Å²) < 4.78 is 12.2. The number of carbonyl (C=O) groups is 1. The Morgan fingerprint density at radius 2 is 1.96 bits per heavy atom. The molecule has 0 amide bonds. The summed E-state index contributed by atoms with van der Waals surface area (Å²) in [5.74, 6) is 0.507. The van der Waals surface area contributed by atoms with E-state index in [-0.39, 0.29) is 11.7 Å². The van der Waals surface area contributed by atoms with Crippen LogP contribution in [0.3, 0.4) is 0 Å². The zero-order valence-corrected chi connectivity index (χ0v) is 15.8. The fourth-order valence-electron chi connectivity index (χ4n) is 2.16. The van der Waals surface area contributed by atoms with Crippen LogP contribution in [0.15, 0.2) is 16.9 Å². The number of hydrogen-bond acceptors (Lipinski definition) is 6. The van der Waals surface area contributed by atoms with Crippen molar-refractivity contribution >= 4 is 41.4 Å². The molecule has 7 heteroatoms. The Bertz CT molecular complexity index is 591. The van der Waals surface area contributed by atoms with Gasteiger partial charge in [-0.3, -0.25) is 4.79 Å². The number of thioether (sulfide) groups is 1. The average Bonchev–Trinajstić information content (AvgIpc) is 2.96. The standard InChI is InChI=1S/C16H23BO4S2/c1-11(19)23-10-13(8-12-6-7-22-14(12)9-18)17-20-15(2,3)16(4,5)21-17/h6-8,18H,9-10H2,1-5H3. The van der Waals surface area contributed by atoms with Crippen molar-refractivity contribution in [3.05, 3.63) is 27.4 Å². The molecule has 0 atom stereocenters. The largest absolute Gasteiger partial charge is 0.491 e. The molecule has 1 aliphatic heterocycles. The van der Waals surface area contributed by atoms with Gasteiger partial charge in [-0.25, -0.2) is 0 Å². The maximum absolute atomic E-state index is 11.4. The van der Waals surface area contributed by atoms with E-state index in [4.69, 9.17) is 9.31 Å². The molecular weight excluding hydrogens is 331 g/mol. The smallest absolute Gasteiger partial charge is 0.400 e. The van der Waals surface area contributed by atoms with Gasteiger partial charge in [0.15, 0.2) is 5.12 Å². The molecule has 0 saturated carbocycles. The first-order chi connectivity index (χ1) is 10.7. The van der Waals surface area contributed by atoms with Crippen molar-refractivity contribution in [2.24, 2.45) is 0 Å². The summed E-state index contributed by atoms with van der Waals surface area (Å²) in [4.78, 5) is 12.3. The first kappa shape index (κ1) is 18.7. The van der Waals surface area contributed by atoms with Crippen molar-refractivity contribution in [3.8, 4) is 0 Å². The van der Waals surface area contributed by atoms with E-state index in [1.165, 1.54) is 23.1 Å². The average molecular weight is 354 g/mol. The van der Waals surface area contributed by atoms with Gasteiger partial charge in [-0.05, 0) is 50.2 Å². The van der Waals surface area contributed by atoms with Crippen LogP contribution in [0.5, 0.6) is 0 Å². The molecule has 1 aromatic rings. The van der Waals surface area contributed by atoms with Gasteiger partial charge in [0.05, 0.1) is 17.8 Å². The SMILES string of the molecule is CC(=O)SCC(=Cc1ccsc1CO)B1OC(C)(C)C(C)(C)O1. The van der Waals surface area contributed by atoms with Crippen LogP contribution in [0.25, 0.3) is 6.08 Å². The van der Waals surface area contributed by atoms with E-state index in [2.05, 4.69) is 0 Å². The fraction of sp³-hybridized carbons (Fsp3) is 0.562. The summed E-state index contributed by atoms with van der Waals surface area (Å²) in [5.41, 5.74) is 1.00. The number of thiophene rings is 1. The molecule has 126 valence electrons. The second-order valence-corrected chi connectivity index (χ2v) is 8.70. The summed E-state index contributed by atoms with van der Waals surface area (Å²) in [6.07, 6.45) is 1.97. The van der Waals surface area contributed by atoms with Crippen molar-refractivity contribution in [3.63, 3.8) is 0 Å². The van der Waals surface area contributed by atoms with E-state index >= 15 is 0 Å². The van der Waals surface area contributed by atoms with Crippen LogP contribution >= 0.6 is 23.1 Å². The number of aliphatic hydroxyl groups excluding tert-OH is 1. The van der Waals surface area contributed by atoms with Gasteiger partial charge in [0.25, 0.3) is 0 Å². The third-order valence-electron chi connectivity index (χ3n) is 4.26. The minimum Gasteiger partial charge on any atom is -0.400 e. The molecule has 2 heterocycles. The molecule has 1 fully saturated rings. The van der Waals surface area contributed by atoms with Gasteiger partial charge in [0, 0.05) is 17.6 Å². The first-order valence-corrected chi connectivity index (χ1v) is 9.39. The Morgan fingerprint density at radius 1 is 1.35 bits per heavy atom. The molecule has 0 aromatic carbocycles. The second kappa shape index (κ2) is 7.11. The first-order valence-electron chi connectivity index (χ1n) is 7.53. The lowest BCUT2D eigenvalue weighted by Crippen LogP contribution is -2.41. The van der Waals surface area contributed by atoms with Gasteiger partial charge < -0.3 is 14.4 Å². The van der Waals surface area contributed by atoms with E-state index in [0.717, 1.165) is 15.9 Å². The van der Waals surface area contributed by atoms with Crippen molar-refractivity contribution in [1.82, 2.24) is 0 Å². The van der Waals surface area contributed by atoms with Gasteiger partial charge in [-0.15, -0.1) is 11.3 Å². The zero-order chi connectivity index (χ0) is 17.3. The van der Waals surface area contributed by atoms with E-state index in [1.54, 1.807) is 6.92 Å². The van der Waals surface area contributed by atoms with Crippen LogP contribution in [0.1, 0.15) is 45.1 Å². The molecule has 1 saturated heterocycles. The maximum atomic E-state index is 11.4. The maximum Gasteiger partial charge on any atom is 0.491 e. The molecule has 0 bridgehead atoms. The van der Waals surface area contributed by atoms with Gasteiger partial charge in [0.1, 0.15) is 0 Å². The Labute approximate surface area is 146 Å². The quantitative estimate of drug-likeness (QED) is 0.820. The van der Waals surface area contributed by atoms with Crippen LogP contribution in [-0.2, 0) is 20.7 Å². The lowest BCUT2D eigenvalue weighted by atomic mass is 9.78. The summed E-state index contributed by atoms with van der Waals surface area (Å²) in [6.45, 7) is 9.58. The van der Waals surface area contributed by atoms with Gasteiger partial charge in [0.2, 0.25) is 0 Å². The minimum atomic E-state index is -0.488. The minimum absolute atomic E-state index is 0.00000173. The highest BCUT2D eigenvalue weighted by Crippen LogP contribution is 2.39. The highest BCUT2D eigenvalue weighted by atomic mass is 32.2. The Balaban J connectivity index is 2.30. The van der Waals surface area contributed by atoms with Crippen molar-refractivity contribution in [2.45, 2.75) is 52.4 Å². The van der Waals surface area contributed by atoms with Crippen molar-refractivity contribution < 1.29 is 19.2 Å². The molecule has 1 aromatic heterocycles. The molecule has 0 aliphatic carbocycles. The highest BCUT2D eigenvalue weighted by Gasteiger charge is 2.52. The molecule has 4 nitrogen and oxygen atoms in total. The van der Waals surface area contributed by atoms with Crippen LogP contribution in [0.2, 0.25) is 0 Å². The van der Waals surface area contributed by atoms with Crippen LogP contribution < -0.4 is 0 Å². The number of carbonyl (C=O) groups excluding carboxylic acids is 1. The number of aliphatic hydroxyl groups is 1. The van der Waals surface area contributed by atoms with Crippen LogP contribution in [0.4, 0.5) is 0 Å². The molecular formula is C16H23BO4S2. The molecule has 1 aliphatic rings. The van der Waals surface area contributed by atoms with Gasteiger partial charge in [-0.2, -0.15) is 0 Å². The molecule has 1 N–H and O–H groups in total. The van der Waals surface area contributed by atoms with Crippen LogP contribution in [0, 0.1) is 0 Å². The van der Waals surface area contributed by atoms with E-state index in [0.29, 0.717) is 5.75 Å². The molecule has 0 spiro atoms. The Kier molecular flexibility index (Phi) is 5.79. The monoisotopic (exact) mass is 354 g/mol. The Hall–Kier alpha value is -0.595. The van der Waals surface area contributed by atoms with Gasteiger partial charge >= 0.3 is 7.12 Å².